The molecule has 32 heavy (non-hydrogen) atoms. The number of carbonyl (C=O) groups is 1. The number of hydrazone groups is 1. The number of carbonyl (C=O) groups excluding carboxylic acids is 1. The number of nitrogens with one attached hydrogen (secondary N) is 2. The minimum atomic E-state index is -0.0207. The van der Waals surface area contributed by atoms with Crippen molar-refractivity contribution in [3.63, 3.8) is 0 Å². The molecule has 0 spiro atoms. The van der Waals surface area contributed by atoms with Crippen LogP contribution in [0.15, 0.2) is 29.4 Å². The molecule has 0 bridgehead atoms. The number of benzene rings is 1. The molecule has 2 amide bonds. The maximum absolute atomic E-state index is 12.7. The summed E-state index contributed by atoms with van der Waals surface area (Å²) >= 11 is 0. The average Bonchev–Trinajstić information content (AvgIpc) is 3.21. The molecule has 1 aliphatic carbocycles. The number of urea groups is 1. The van der Waals surface area contributed by atoms with Gasteiger partial charge in [-0.05, 0) is 31.7 Å². The molecule has 1 aromatic carbocycles. The van der Waals surface area contributed by atoms with Crippen molar-refractivity contribution in [3.05, 3.63) is 46.6 Å². The Kier molecular flexibility index (Phi) is 5.89. The second-order valence-corrected chi connectivity index (χ2v) is 8.61. The second kappa shape index (κ2) is 9.12. The molecule has 3 aliphatic rings. The molecule has 3 heterocycles. The second-order valence-electron chi connectivity index (χ2n) is 8.61. The highest BCUT2D eigenvalue weighted by Crippen LogP contribution is 2.31. The number of aromatic nitrogens is 2. The number of morpholine rings is 1. The van der Waals surface area contributed by atoms with Crippen LogP contribution in [0.3, 0.4) is 0 Å². The Balaban J connectivity index is 1.36. The van der Waals surface area contributed by atoms with Crippen LogP contribution in [0.25, 0.3) is 0 Å². The number of fused-ring (bicyclic) bond motifs is 1. The van der Waals surface area contributed by atoms with E-state index in [1.165, 1.54) is 12.0 Å². The lowest BCUT2D eigenvalue weighted by atomic mass is 9.93. The molecule has 0 atom stereocenters. The van der Waals surface area contributed by atoms with Crippen molar-refractivity contribution in [2.45, 2.75) is 45.3 Å². The molecule has 2 N–H and O–H groups in total. The first-order valence-corrected chi connectivity index (χ1v) is 11.3. The molecule has 5 rings (SSSR count). The van der Waals surface area contributed by atoms with Gasteiger partial charge in [-0.15, -0.1) is 0 Å². The zero-order valence-corrected chi connectivity index (χ0v) is 18.4. The number of ether oxygens (including phenoxy) is 1. The van der Waals surface area contributed by atoms with Crippen LogP contribution in [0.4, 0.5) is 16.6 Å². The molecule has 9 nitrogen and oxygen atoms in total. The summed E-state index contributed by atoms with van der Waals surface area (Å²) in [5.74, 6) is 1.31. The van der Waals surface area contributed by atoms with Gasteiger partial charge in [0.2, 0.25) is 5.95 Å². The van der Waals surface area contributed by atoms with E-state index >= 15 is 0 Å². The molecule has 168 valence electrons. The Morgan fingerprint density at radius 1 is 1.22 bits per heavy atom. The summed E-state index contributed by atoms with van der Waals surface area (Å²) in [6, 6.07) is 8.40. The maximum atomic E-state index is 12.7. The van der Waals surface area contributed by atoms with Gasteiger partial charge in [0.05, 0.1) is 38.2 Å². The molecule has 9 heteroatoms. The lowest BCUT2D eigenvalue weighted by Crippen LogP contribution is -2.45. The van der Waals surface area contributed by atoms with Gasteiger partial charge >= 0.3 is 6.03 Å². The smallest absolute Gasteiger partial charge is 0.318 e. The first-order valence-electron chi connectivity index (χ1n) is 11.3. The Morgan fingerprint density at radius 2 is 2.06 bits per heavy atom. The first kappa shape index (κ1) is 20.7. The fourth-order valence-corrected chi connectivity index (χ4v) is 4.20. The highest BCUT2D eigenvalue weighted by molar-refractivity contribution is 5.80. The van der Waals surface area contributed by atoms with E-state index in [4.69, 9.17) is 9.72 Å². The third-order valence-electron chi connectivity index (χ3n) is 6.21. The Morgan fingerprint density at radius 3 is 2.81 bits per heavy atom. The first-order chi connectivity index (χ1) is 15.7. The average molecular weight is 436 g/mol. The van der Waals surface area contributed by atoms with E-state index in [1.807, 2.05) is 17.0 Å². The number of hydrogen-bond acceptors (Lipinski definition) is 7. The molecule has 2 aromatic rings. The van der Waals surface area contributed by atoms with Crippen LogP contribution in [-0.2, 0) is 17.8 Å². The van der Waals surface area contributed by atoms with Crippen LogP contribution in [0.1, 0.15) is 41.6 Å². The lowest BCUT2D eigenvalue weighted by molar-refractivity contribution is 0.122. The fourth-order valence-electron chi connectivity index (χ4n) is 4.20. The summed E-state index contributed by atoms with van der Waals surface area (Å²) in [6.45, 7) is 5.92. The highest BCUT2D eigenvalue weighted by Gasteiger charge is 2.32. The van der Waals surface area contributed by atoms with Gasteiger partial charge in [-0.1, -0.05) is 29.8 Å². The summed E-state index contributed by atoms with van der Waals surface area (Å²) in [7, 11) is 0. The third-order valence-corrected chi connectivity index (χ3v) is 6.21. The third kappa shape index (κ3) is 4.52. The molecule has 1 aromatic heterocycles. The zero-order chi connectivity index (χ0) is 21.9. The van der Waals surface area contributed by atoms with E-state index < -0.39 is 0 Å². The molecule has 0 radical (unpaired) electrons. The van der Waals surface area contributed by atoms with Gasteiger partial charge < -0.3 is 19.9 Å². The topological polar surface area (TPSA) is 95.0 Å². The number of rotatable bonds is 5. The number of hydrogen-bond donors (Lipinski definition) is 2. The molecule has 0 unspecified atom stereocenters. The van der Waals surface area contributed by atoms with Crippen molar-refractivity contribution in [2.24, 2.45) is 5.10 Å². The van der Waals surface area contributed by atoms with E-state index in [0.29, 0.717) is 38.3 Å². The lowest BCUT2D eigenvalue weighted by Gasteiger charge is -2.30. The number of anilines is 2. The molecular weight excluding hydrogens is 406 g/mol. The van der Waals surface area contributed by atoms with Crippen molar-refractivity contribution in [2.75, 3.05) is 36.6 Å². The summed E-state index contributed by atoms with van der Waals surface area (Å²) < 4.78 is 5.52. The number of amides is 2. The van der Waals surface area contributed by atoms with Crippen molar-refractivity contribution in [1.29, 1.82) is 0 Å². The molecule has 1 saturated carbocycles. The van der Waals surface area contributed by atoms with E-state index in [9.17, 15) is 4.79 Å². The monoisotopic (exact) mass is 435 g/mol. The zero-order valence-electron chi connectivity index (χ0n) is 18.4. The van der Waals surface area contributed by atoms with Gasteiger partial charge in [0.1, 0.15) is 5.82 Å². The van der Waals surface area contributed by atoms with Crippen molar-refractivity contribution in [1.82, 2.24) is 20.2 Å². The summed E-state index contributed by atoms with van der Waals surface area (Å²) in [5, 5.41) is 7.47. The van der Waals surface area contributed by atoms with E-state index in [0.717, 1.165) is 48.6 Å². The fraction of sp³-hybridized carbons (Fsp3) is 0.478. The predicted octanol–water partition coefficient (Wildman–Crippen LogP) is 2.65. The van der Waals surface area contributed by atoms with E-state index in [2.05, 4.69) is 44.8 Å². The number of aryl methyl sites for hydroxylation is 1. The predicted molar refractivity (Wildman–Crippen MR) is 123 cm³/mol. The summed E-state index contributed by atoms with van der Waals surface area (Å²) in [6.07, 6.45) is 5.09. The molecular formula is C23H29N7O2. The molecule has 2 fully saturated rings. The molecule has 2 aliphatic heterocycles. The van der Waals surface area contributed by atoms with Crippen LogP contribution in [-0.4, -0.2) is 59.5 Å². The van der Waals surface area contributed by atoms with Crippen LogP contribution in [0.5, 0.6) is 0 Å². The largest absolute Gasteiger partial charge is 0.378 e. The highest BCUT2D eigenvalue weighted by atomic mass is 16.5. The summed E-state index contributed by atoms with van der Waals surface area (Å²) in [5.41, 5.74) is 7.06. The van der Waals surface area contributed by atoms with Crippen molar-refractivity contribution in [3.8, 4) is 0 Å². The van der Waals surface area contributed by atoms with Crippen molar-refractivity contribution < 1.29 is 9.53 Å². The quantitative estimate of drug-likeness (QED) is 0.554. The van der Waals surface area contributed by atoms with Gasteiger partial charge in [0, 0.05) is 24.7 Å². The van der Waals surface area contributed by atoms with Gasteiger partial charge in [-0.2, -0.15) is 10.1 Å². The number of nitrogens with zero attached hydrogens (tertiary/aromatic N) is 5. The van der Waals surface area contributed by atoms with Crippen LogP contribution in [0.2, 0.25) is 0 Å². The Labute approximate surface area is 187 Å². The van der Waals surface area contributed by atoms with Gasteiger partial charge in [0.25, 0.3) is 0 Å². The Bertz CT molecular complexity index is 1020. The standard InChI is InChI=1S/C23H29N7O2/c1-16-4-2-5-17(12-16)13-24-28-22-26-20-15-30(23(31)25-18-6-3-7-18)14-19(20)21(27-22)29-8-10-32-11-9-29/h2,4-5,12-13,18H,3,6-11,14-15H2,1H3,(H,25,31)(H,26,27,28)/b24-13+. The Hall–Kier alpha value is -3.20. The summed E-state index contributed by atoms with van der Waals surface area (Å²) in [4.78, 5) is 26.2. The minimum Gasteiger partial charge on any atom is -0.378 e. The maximum Gasteiger partial charge on any atom is 0.318 e. The van der Waals surface area contributed by atoms with Gasteiger partial charge in [-0.3, -0.25) is 0 Å². The molecule has 1 saturated heterocycles. The van der Waals surface area contributed by atoms with Crippen molar-refractivity contribution >= 4 is 24.0 Å². The van der Waals surface area contributed by atoms with Gasteiger partial charge in [0.15, 0.2) is 0 Å². The van der Waals surface area contributed by atoms with Gasteiger partial charge in [-0.25, -0.2) is 15.2 Å². The van der Waals surface area contributed by atoms with Crippen LogP contribution in [0, 0.1) is 6.92 Å². The SMILES string of the molecule is Cc1cccc(/C=N/Nc2nc3c(c(N4CCOCC4)n2)CN(C(=O)NC2CCC2)C3)c1. The van der Waals surface area contributed by atoms with E-state index in [-0.39, 0.29) is 6.03 Å². The minimum absolute atomic E-state index is 0.0207. The normalized spacial score (nSPS) is 18.5. The van der Waals surface area contributed by atoms with Crippen LogP contribution >= 0.6 is 0 Å². The van der Waals surface area contributed by atoms with Crippen LogP contribution < -0.4 is 15.6 Å². The van der Waals surface area contributed by atoms with E-state index in [1.54, 1.807) is 6.21 Å².